The van der Waals surface area contributed by atoms with Gasteiger partial charge in [-0.1, -0.05) is 11.6 Å². The van der Waals surface area contributed by atoms with Gasteiger partial charge < -0.3 is 20.1 Å². The molecule has 0 aliphatic rings. The number of ether oxygens (including phenoxy) is 2. The molecule has 2 N–H and O–H groups in total. The average molecular weight is 384 g/mol. The highest BCUT2D eigenvalue weighted by Gasteiger charge is 2.09. The number of amides is 1. The van der Waals surface area contributed by atoms with E-state index in [0.717, 1.165) is 11.4 Å². The Labute approximate surface area is 162 Å². The second kappa shape index (κ2) is 8.42. The molecule has 1 heterocycles. The third kappa shape index (κ3) is 4.68. The Morgan fingerprint density at radius 2 is 1.63 bits per heavy atom. The molecule has 0 saturated heterocycles. The first-order valence-electron chi connectivity index (χ1n) is 8.11. The van der Waals surface area contributed by atoms with Crippen molar-refractivity contribution >= 4 is 34.6 Å². The fourth-order valence-corrected chi connectivity index (χ4v) is 2.67. The average Bonchev–Trinajstić information content (AvgIpc) is 2.69. The number of halogens is 1. The van der Waals surface area contributed by atoms with E-state index in [9.17, 15) is 4.79 Å². The highest BCUT2D eigenvalue weighted by atomic mass is 35.5. The topological polar surface area (TPSA) is 72.5 Å². The summed E-state index contributed by atoms with van der Waals surface area (Å²) < 4.78 is 10.2. The van der Waals surface area contributed by atoms with Gasteiger partial charge in [0.15, 0.2) is 0 Å². The third-order valence-electron chi connectivity index (χ3n) is 3.78. The largest absolute Gasteiger partial charge is 0.497 e. The van der Waals surface area contributed by atoms with Crippen molar-refractivity contribution in [3.63, 3.8) is 0 Å². The van der Waals surface area contributed by atoms with Crippen molar-refractivity contribution in [3.8, 4) is 11.5 Å². The molecule has 1 amide bonds. The van der Waals surface area contributed by atoms with Crippen molar-refractivity contribution in [1.29, 1.82) is 0 Å². The van der Waals surface area contributed by atoms with Crippen molar-refractivity contribution in [3.05, 3.63) is 71.5 Å². The number of anilines is 3. The zero-order valence-corrected chi connectivity index (χ0v) is 15.6. The van der Waals surface area contributed by atoms with Crippen molar-refractivity contribution in [2.75, 3.05) is 24.9 Å². The van der Waals surface area contributed by atoms with E-state index in [1.807, 2.05) is 6.07 Å². The summed E-state index contributed by atoms with van der Waals surface area (Å²) in [6.45, 7) is 0. The molecule has 138 valence electrons. The highest BCUT2D eigenvalue weighted by molar-refractivity contribution is 6.32. The van der Waals surface area contributed by atoms with E-state index < -0.39 is 0 Å². The lowest BCUT2D eigenvalue weighted by Crippen LogP contribution is -2.13. The van der Waals surface area contributed by atoms with Crippen molar-refractivity contribution in [2.45, 2.75) is 0 Å². The van der Waals surface area contributed by atoms with E-state index in [4.69, 9.17) is 21.1 Å². The van der Waals surface area contributed by atoms with Crippen LogP contribution < -0.4 is 20.1 Å². The number of hydrogen-bond donors (Lipinski definition) is 2. The Morgan fingerprint density at radius 1 is 0.926 bits per heavy atom. The van der Waals surface area contributed by atoms with Gasteiger partial charge in [-0.25, -0.2) is 0 Å². The summed E-state index contributed by atoms with van der Waals surface area (Å²) in [5, 5.41) is 6.49. The maximum Gasteiger partial charge on any atom is 0.274 e. The molecule has 0 aliphatic heterocycles. The molecule has 0 fully saturated rings. The minimum atomic E-state index is -0.309. The maximum atomic E-state index is 12.4. The fourth-order valence-electron chi connectivity index (χ4n) is 2.41. The summed E-state index contributed by atoms with van der Waals surface area (Å²) in [4.78, 5) is 16.6. The number of methoxy groups -OCH3 is 2. The summed E-state index contributed by atoms with van der Waals surface area (Å²) in [6.07, 6.45) is 1.57. The van der Waals surface area contributed by atoms with Crippen LogP contribution in [0.4, 0.5) is 17.1 Å². The SMILES string of the molecule is COc1ccc(NC(=O)c2cc(Nc3ccc(OC)c(Cl)c3)ccn2)cc1. The Kier molecular flexibility index (Phi) is 5.78. The molecule has 1 aromatic heterocycles. The number of carbonyl (C=O) groups is 1. The molecule has 3 rings (SSSR count). The van der Waals surface area contributed by atoms with Gasteiger partial charge in [0.1, 0.15) is 17.2 Å². The smallest absolute Gasteiger partial charge is 0.274 e. The Bertz CT molecular complexity index is 945. The van der Waals surface area contributed by atoms with Gasteiger partial charge in [-0.15, -0.1) is 0 Å². The number of aromatic nitrogens is 1. The minimum absolute atomic E-state index is 0.287. The molecule has 2 aromatic carbocycles. The second-order valence-electron chi connectivity index (χ2n) is 5.59. The summed E-state index contributed by atoms with van der Waals surface area (Å²) >= 11 is 6.14. The molecule has 27 heavy (non-hydrogen) atoms. The van der Waals surface area contributed by atoms with Gasteiger partial charge >= 0.3 is 0 Å². The van der Waals surface area contributed by atoms with E-state index in [0.29, 0.717) is 22.1 Å². The van der Waals surface area contributed by atoms with Crippen LogP contribution in [0.5, 0.6) is 11.5 Å². The van der Waals surface area contributed by atoms with Crippen LogP contribution in [-0.2, 0) is 0 Å². The van der Waals surface area contributed by atoms with Crippen LogP contribution >= 0.6 is 11.6 Å². The lowest BCUT2D eigenvalue weighted by Gasteiger charge is -2.10. The van der Waals surface area contributed by atoms with E-state index in [1.165, 1.54) is 0 Å². The first-order chi connectivity index (χ1) is 13.1. The summed E-state index contributed by atoms with van der Waals surface area (Å²) in [5.74, 6) is 1.00. The van der Waals surface area contributed by atoms with Crippen LogP contribution in [0.3, 0.4) is 0 Å². The monoisotopic (exact) mass is 383 g/mol. The van der Waals surface area contributed by atoms with Crippen LogP contribution in [0, 0.1) is 0 Å². The zero-order valence-electron chi connectivity index (χ0n) is 14.8. The quantitative estimate of drug-likeness (QED) is 0.642. The van der Waals surface area contributed by atoms with Crippen molar-refractivity contribution in [2.24, 2.45) is 0 Å². The molecular weight excluding hydrogens is 366 g/mol. The Hall–Kier alpha value is -3.25. The molecule has 0 spiro atoms. The molecule has 6 nitrogen and oxygen atoms in total. The van der Waals surface area contributed by atoms with Gasteiger partial charge in [-0.3, -0.25) is 9.78 Å². The van der Waals surface area contributed by atoms with Gasteiger partial charge in [0, 0.05) is 23.3 Å². The lowest BCUT2D eigenvalue weighted by molar-refractivity contribution is 0.102. The van der Waals surface area contributed by atoms with E-state index in [1.54, 1.807) is 68.9 Å². The van der Waals surface area contributed by atoms with Crippen molar-refractivity contribution in [1.82, 2.24) is 4.98 Å². The Balaban J connectivity index is 1.72. The predicted molar refractivity (Wildman–Crippen MR) is 106 cm³/mol. The first kappa shape index (κ1) is 18.5. The molecule has 3 aromatic rings. The minimum Gasteiger partial charge on any atom is -0.497 e. The number of benzene rings is 2. The van der Waals surface area contributed by atoms with Gasteiger partial charge in [-0.05, 0) is 54.6 Å². The van der Waals surface area contributed by atoms with Gasteiger partial charge in [-0.2, -0.15) is 0 Å². The predicted octanol–water partition coefficient (Wildman–Crippen LogP) is 4.75. The zero-order chi connectivity index (χ0) is 19.2. The van der Waals surface area contributed by atoms with E-state index in [2.05, 4.69) is 15.6 Å². The van der Waals surface area contributed by atoms with E-state index in [-0.39, 0.29) is 11.6 Å². The van der Waals surface area contributed by atoms with E-state index >= 15 is 0 Å². The van der Waals surface area contributed by atoms with Gasteiger partial charge in [0.25, 0.3) is 5.91 Å². The number of hydrogen-bond acceptors (Lipinski definition) is 5. The molecule has 0 aliphatic carbocycles. The molecule has 0 radical (unpaired) electrons. The summed E-state index contributed by atoms with van der Waals surface area (Å²) in [7, 11) is 3.15. The molecule has 0 bridgehead atoms. The molecule has 7 heteroatoms. The number of pyridine rings is 1. The lowest BCUT2D eigenvalue weighted by atomic mass is 10.2. The van der Waals surface area contributed by atoms with Crippen LogP contribution in [0.15, 0.2) is 60.8 Å². The van der Waals surface area contributed by atoms with Crippen LogP contribution in [-0.4, -0.2) is 25.1 Å². The molecule has 0 unspecified atom stereocenters. The maximum absolute atomic E-state index is 12.4. The highest BCUT2D eigenvalue weighted by Crippen LogP contribution is 2.29. The molecule has 0 saturated carbocycles. The van der Waals surface area contributed by atoms with Gasteiger partial charge in [0.2, 0.25) is 0 Å². The Morgan fingerprint density at radius 3 is 2.30 bits per heavy atom. The second-order valence-corrected chi connectivity index (χ2v) is 5.99. The number of nitrogens with one attached hydrogen (secondary N) is 2. The summed E-state index contributed by atoms with van der Waals surface area (Å²) in [5.41, 5.74) is 2.43. The summed E-state index contributed by atoms with van der Waals surface area (Å²) in [6, 6.07) is 15.8. The normalized spacial score (nSPS) is 10.2. The first-order valence-corrected chi connectivity index (χ1v) is 8.49. The molecular formula is C20H18ClN3O3. The van der Waals surface area contributed by atoms with Gasteiger partial charge in [0.05, 0.1) is 19.2 Å². The van der Waals surface area contributed by atoms with Crippen molar-refractivity contribution < 1.29 is 14.3 Å². The third-order valence-corrected chi connectivity index (χ3v) is 4.08. The van der Waals surface area contributed by atoms with Crippen LogP contribution in [0.2, 0.25) is 5.02 Å². The van der Waals surface area contributed by atoms with Crippen LogP contribution in [0.25, 0.3) is 0 Å². The van der Waals surface area contributed by atoms with Crippen LogP contribution in [0.1, 0.15) is 10.5 Å². The number of rotatable bonds is 6. The number of nitrogens with zero attached hydrogens (tertiary/aromatic N) is 1. The standard InChI is InChI=1S/C20H18ClN3O3/c1-26-16-6-3-13(4-7-16)24-20(25)18-12-15(9-10-22-18)23-14-5-8-19(27-2)17(21)11-14/h3-12H,1-2H3,(H,22,23)(H,24,25). The fraction of sp³-hybridized carbons (Fsp3) is 0.100. The molecule has 0 atom stereocenters. The number of carbonyl (C=O) groups excluding carboxylic acids is 1.